The van der Waals surface area contributed by atoms with Gasteiger partial charge in [0.2, 0.25) is 0 Å². The first kappa shape index (κ1) is 14.5. The Balaban J connectivity index is 1.75. The number of carbonyl (C=O) groups is 1. The van der Waals surface area contributed by atoms with Gasteiger partial charge in [-0.15, -0.1) is 0 Å². The first-order valence-electron chi connectivity index (χ1n) is 7.43. The van der Waals surface area contributed by atoms with Gasteiger partial charge < -0.3 is 11.1 Å². The number of aromatic nitrogens is 1. The van der Waals surface area contributed by atoms with E-state index >= 15 is 0 Å². The second kappa shape index (κ2) is 6.15. The maximum absolute atomic E-state index is 11.7. The molecule has 22 heavy (non-hydrogen) atoms. The van der Waals surface area contributed by atoms with E-state index < -0.39 is 0 Å². The van der Waals surface area contributed by atoms with Crippen LogP contribution < -0.4 is 11.1 Å². The zero-order valence-corrected chi connectivity index (χ0v) is 12.7. The largest absolute Gasteiger partial charge is 0.398 e. The van der Waals surface area contributed by atoms with Gasteiger partial charge in [-0.1, -0.05) is 12.1 Å². The van der Waals surface area contributed by atoms with Gasteiger partial charge in [0.15, 0.2) is 0 Å². The second-order valence-electron chi connectivity index (χ2n) is 5.57. The van der Waals surface area contributed by atoms with Crippen LogP contribution >= 0.6 is 0 Å². The van der Waals surface area contributed by atoms with E-state index in [1.165, 1.54) is 0 Å². The summed E-state index contributed by atoms with van der Waals surface area (Å²) in [5.74, 6) is -0.0562. The van der Waals surface area contributed by atoms with Gasteiger partial charge in [-0.2, -0.15) is 0 Å². The summed E-state index contributed by atoms with van der Waals surface area (Å²) in [4.78, 5) is 18.5. The molecule has 0 saturated heterocycles. The highest BCUT2D eigenvalue weighted by Crippen LogP contribution is 2.23. The van der Waals surface area contributed by atoms with Crippen LogP contribution in [0.15, 0.2) is 36.5 Å². The van der Waals surface area contributed by atoms with Crippen LogP contribution in [0, 0.1) is 0 Å². The SMILES string of the molecule is CNC(=O)c1cccc(CN2CCc3nccc(N)c3C2)c1. The molecule has 3 rings (SSSR count). The van der Waals surface area contributed by atoms with E-state index in [4.69, 9.17) is 5.73 Å². The number of rotatable bonds is 3. The molecule has 1 amide bonds. The minimum Gasteiger partial charge on any atom is -0.398 e. The fraction of sp³-hybridized carbons (Fsp3) is 0.294. The quantitative estimate of drug-likeness (QED) is 0.902. The molecule has 0 fully saturated rings. The first-order chi connectivity index (χ1) is 10.7. The Morgan fingerprint density at radius 2 is 2.27 bits per heavy atom. The molecule has 0 bridgehead atoms. The van der Waals surface area contributed by atoms with Gasteiger partial charge in [0.05, 0.1) is 0 Å². The van der Waals surface area contributed by atoms with Gasteiger partial charge in [-0.05, 0) is 23.8 Å². The molecule has 3 N–H and O–H groups in total. The molecule has 2 aromatic rings. The third kappa shape index (κ3) is 2.94. The van der Waals surface area contributed by atoms with Crippen LogP contribution in [0.1, 0.15) is 27.2 Å². The van der Waals surface area contributed by atoms with Gasteiger partial charge in [0.1, 0.15) is 0 Å². The lowest BCUT2D eigenvalue weighted by Crippen LogP contribution is -2.31. The summed E-state index contributed by atoms with van der Waals surface area (Å²) < 4.78 is 0. The number of nitrogens with zero attached hydrogens (tertiary/aromatic N) is 2. The maximum atomic E-state index is 11.7. The molecule has 0 spiro atoms. The number of hydrogen-bond acceptors (Lipinski definition) is 4. The summed E-state index contributed by atoms with van der Waals surface area (Å²) in [6.07, 6.45) is 2.69. The van der Waals surface area contributed by atoms with Crippen molar-refractivity contribution in [2.45, 2.75) is 19.5 Å². The Kier molecular flexibility index (Phi) is 4.06. The van der Waals surface area contributed by atoms with Crippen LogP contribution in [0.3, 0.4) is 0 Å². The standard InChI is InChI=1S/C17H20N4O/c1-19-17(22)13-4-2-3-12(9-13)10-21-8-6-16-14(11-21)15(18)5-7-20-16/h2-5,7,9H,6,8,10-11H2,1H3,(H2,18,20)(H,19,22). The maximum Gasteiger partial charge on any atom is 0.251 e. The van der Waals surface area contributed by atoms with E-state index in [0.717, 1.165) is 48.6 Å². The van der Waals surface area contributed by atoms with Gasteiger partial charge in [-0.3, -0.25) is 14.7 Å². The number of hydrogen-bond donors (Lipinski definition) is 2. The predicted octanol–water partition coefficient (Wildman–Crippen LogP) is 1.58. The number of pyridine rings is 1. The highest BCUT2D eigenvalue weighted by Gasteiger charge is 2.19. The van der Waals surface area contributed by atoms with Gasteiger partial charge in [0.25, 0.3) is 5.91 Å². The Hall–Kier alpha value is -2.40. The van der Waals surface area contributed by atoms with Crippen molar-refractivity contribution in [2.24, 2.45) is 0 Å². The van der Waals surface area contributed by atoms with Crippen molar-refractivity contribution < 1.29 is 4.79 Å². The molecule has 0 saturated carbocycles. The molecule has 1 aromatic carbocycles. The fourth-order valence-corrected chi connectivity index (χ4v) is 2.87. The molecule has 1 aromatic heterocycles. The summed E-state index contributed by atoms with van der Waals surface area (Å²) in [6.45, 7) is 2.56. The average molecular weight is 296 g/mol. The van der Waals surface area contributed by atoms with Gasteiger partial charge in [-0.25, -0.2) is 0 Å². The first-order valence-corrected chi connectivity index (χ1v) is 7.43. The molecule has 2 heterocycles. The smallest absolute Gasteiger partial charge is 0.251 e. The summed E-state index contributed by atoms with van der Waals surface area (Å²) in [5, 5.41) is 2.66. The van der Waals surface area contributed by atoms with Crippen LogP contribution in [0.4, 0.5) is 5.69 Å². The zero-order chi connectivity index (χ0) is 15.5. The Labute approximate surface area is 130 Å². The van der Waals surface area contributed by atoms with E-state index in [0.29, 0.717) is 5.56 Å². The summed E-state index contributed by atoms with van der Waals surface area (Å²) in [7, 11) is 1.65. The Morgan fingerprint density at radius 1 is 1.41 bits per heavy atom. The van der Waals surface area contributed by atoms with E-state index in [2.05, 4.69) is 21.3 Å². The van der Waals surface area contributed by atoms with E-state index in [1.807, 2.05) is 24.3 Å². The van der Waals surface area contributed by atoms with Crippen LogP contribution in [-0.2, 0) is 19.5 Å². The monoisotopic (exact) mass is 296 g/mol. The van der Waals surface area contributed by atoms with Crippen LogP contribution in [-0.4, -0.2) is 29.4 Å². The lowest BCUT2D eigenvalue weighted by molar-refractivity contribution is 0.0963. The number of nitrogen functional groups attached to an aromatic ring is 1. The van der Waals surface area contributed by atoms with Crippen molar-refractivity contribution in [1.82, 2.24) is 15.2 Å². The molecule has 0 aliphatic carbocycles. The van der Waals surface area contributed by atoms with Crippen LogP contribution in [0.25, 0.3) is 0 Å². The van der Waals surface area contributed by atoms with Crippen molar-refractivity contribution in [3.8, 4) is 0 Å². The minimum absolute atomic E-state index is 0.0562. The van der Waals surface area contributed by atoms with Crippen molar-refractivity contribution in [3.05, 3.63) is 58.9 Å². The summed E-state index contributed by atoms with van der Waals surface area (Å²) in [5.41, 5.74) is 10.9. The Bertz CT molecular complexity index is 699. The number of carbonyl (C=O) groups excluding carboxylic acids is 1. The third-order valence-electron chi connectivity index (χ3n) is 4.05. The van der Waals surface area contributed by atoms with Crippen LogP contribution in [0.5, 0.6) is 0 Å². The number of anilines is 1. The van der Waals surface area contributed by atoms with Crippen molar-refractivity contribution in [2.75, 3.05) is 19.3 Å². The van der Waals surface area contributed by atoms with Crippen LogP contribution in [0.2, 0.25) is 0 Å². The number of amides is 1. The number of fused-ring (bicyclic) bond motifs is 1. The van der Waals surface area contributed by atoms with Gasteiger partial charge >= 0.3 is 0 Å². The lowest BCUT2D eigenvalue weighted by Gasteiger charge is -2.29. The molecule has 114 valence electrons. The summed E-state index contributed by atoms with van der Waals surface area (Å²) in [6, 6.07) is 9.60. The zero-order valence-electron chi connectivity index (χ0n) is 12.7. The van der Waals surface area contributed by atoms with Gasteiger partial charge in [0, 0.05) is 61.8 Å². The molecule has 1 aliphatic heterocycles. The molecule has 1 aliphatic rings. The number of nitrogens with two attached hydrogens (primary N) is 1. The average Bonchev–Trinajstić information content (AvgIpc) is 2.55. The topological polar surface area (TPSA) is 71.2 Å². The van der Waals surface area contributed by atoms with E-state index in [-0.39, 0.29) is 5.91 Å². The predicted molar refractivity (Wildman–Crippen MR) is 86.3 cm³/mol. The minimum atomic E-state index is -0.0562. The third-order valence-corrected chi connectivity index (χ3v) is 4.05. The van der Waals surface area contributed by atoms with Crippen molar-refractivity contribution in [3.63, 3.8) is 0 Å². The second-order valence-corrected chi connectivity index (χ2v) is 5.57. The fourth-order valence-electron chi connectivity index (χ4n) is 2.87. The molecule has 0 radical (unpaired) electrons. The normalized spacial score (nSPS) is 14.4. The lowest BCUT2D eigenvalue weighted by atomic mass is 10.0. The molecular formula is C17H20N4O. The molecule has 0 atom stereocenters. The summed E-state index contributed by atoms with van der Waals surface area (Å²) >= 11 is 0. The van der Waals surface area contributed by atoms with Crippen molar-refractivity contribution in [1.29, 1.82) is 0 Å². The highest BCUT2D eigenvalue weighted by molar-refractivity contribution is 5.94. The molecule has 0 unspecified atom stereocenters. The van der Waals surface area contributed by atoms with Crippen molar-refractivity contribution >= 4 is 11.6 Å². The number of nitrogens with one attached hydrogen (secondary N) is 1. The number of benzene rings is 1. The molecule has 5 heteroatoms. The Morgan fingerprint density at radius 3 is 3.09 bits per heavy atom. The van der Waals surface area contributed by atoms with E-state index in [1.54, 1.807) is 13.2 Å². The molecular weight excluding hydrogens is 276 g/mol. The molecule has 5 nitrogen and oxygen atoms in total. The highest BCUT2D eigenvalue weighted by atomic mass is 16.1. The van der Waals surface area contributed by atoms with E-state index in [9.17, 15) is 4.79 Å².